The maximum Gasteiger partial charge on any atom is 0.340 e. The number of carbonyl (C=O) groups is 3. The third-order valence-electron chi connectivity index (χ3n) is 4.77. The van der Waals surface area contributed by atoms with Gasteiger partial charge in [-0.25, -0.2) is 4.79 Å². The van der Waals surface area contributed by atoms with Gasteiger partial charge in [-0.15, -0.1) is 0 Å². The van der Waals surface area contributed by atoms with Crippen molar-refractivity contribution in [3.63, 3.8) is 0 Å². The lowest BCUT2D eigenvalue weighted by Gasteiger charge is -2.21. The Balaban J connectivity index is 1.95. The predicted octanol–water partition coefficient (Wildman–Crippen LogP) is 0.902. The van der Waals surface area contributed by atoms with E-state index >= 15 is 0 Å². The van der Waals surface area contributed by atoms with Crippen molar-refractivity contribution >= 4 is 23.9 Å². The molecule has 0 radical (unpaired) electrons. The SMILES string of the molecule is COC(=O)C1=C(C)N(C[C@H]2CCCO2)C(=O)/C1=C\c1ccc(C(=O)[O-])cc1. The highest BCUT2D eigenvalue weighted by molar-refractivity contribution is 6.16. The van der Waals surface area contributed by atoms with Crippen LogP contribution in [-0.2, 0) is 19.1 Å². The van der Waals surface area contributed by atoms with Crippen molar-refractivity contribution in [3.8, 4) is 0 Å². The van der Waals surface area contributed by atoms with Gasteiger partial charge in [-0.1, -0.05) is 24.3 Å². The van der Waals surface area contributed by atoms with Gasteiger partial charge in [-0.05, 0) is 37.0 Å². The summed E-state index contributed by atoms with van der Waals surface area (Å²) in [7, 11) is 1.27. The van der Waals surface area contributed by atoms with Crippen molar-refractivity contribution < 1.29 is 29.0 Å². The normalized spacial score (nSPS) is 21.3. The minimum atomic E-state index is -1.28. The fourth-order valence-electron chi connectivity index (χ4n) is 3.32. The highest BCUT2D eigenvalue weighted by atomic mass is 16.5. The zero-order valence-corrected chi connectivity index (χ0v) is 15.2. The fraction of sp³-hybridized carbons (Fsp3) is 0.350. The van der Waals surface area contributed by atoms with E-state index in [0.717, 1.165) is 12.8 Å². The Labute approximate surface area is 156 Å². The number of carboxylic acids is 1. The van der Waals surface area contributed by atoms with Gasteiger partial charge in [-0.2, -0.15) is 0 Å². The molecule has 2 heterocycles. The quantitative estimate of drug-likeness (QED) is 0.564. The predicted molar refractivity (Wildman–Crippen MR) is 94.2 cm³/mol. The summed E-state index contributed by atoms with van der Waals surface area (Å²) in [4.78, 5) is 37.7. The molecule has 2 aliphatic heterocycles. The van der Waals surface area contributed by atoms with Crippen LogP contribution in [0.1, 0.15) is 35.7 Å². The van der Waals surface area contributed by atoms with Gasteiger partial charge in [0.1, 0.15) is 0 Å². The third kappa shape index (κ3) is 3.78. The average Bonchev–Trinajstić information content (AvgIpc) is 3.25. The lowest BCUT2D eigenvalue weighted by molar-refractivity contribution is -0.255. The molecule has 1 fully saturated rings. The summed E-state index contributed by atoms with van der Waals surface area (Å²) in [6, 6.07) is 5.89. The van der Waals surface area contributed by atoms with Crippen LogP contribution >= 0.6 is 0 Å². The van der Waals surface area contributed by atoms with Crippen LogP contribution in [0.25, 0.3) is 6.08 Å². The molecule has 1 saturated heterocycles. The molecule has 0 saturated carbocycles. The van der Waals surface area contributed by atoms with Crippen molar-refractivity contribution in [1.29, 1.82) is 0 Å². The van der Waals surface area contributed by atoms with Crippen LogP contribution in [0.2, 0.25) is 0 Å². The van der Waals surface area contributed by atoms with Crippen LogP contribution in [0.15, 0.2) is 41.1 Å². The molecule has 1 atom stereocenters. The molecule has 0 aromatic heterocycles. The van der Waals surface area contributed by atoms with E-state index in [-0.39, 0.29) is 28.7 Å². The number of ether oxygens (including phenoxy) is 2. The Morgan fingerprint density at radius 2 is 2.04 bits per heavy atom. The number of carboxylic acid groups (broad SMARTS) is 1. The van der Waals surface area contributed by atoms with E-state index in [2.05, 4.69) is 0 Å². The third-order valence-corrected chi connectivity index (χ3v) is 4.77. The number of aromatic carboxylic acids is 1. The van der Waals surface area contributed by atoms with Crippen LogP contribution < -0.4 is 5.11 Å². The summed E-state index contributed by atoms with van der Waals surface area (Å²) < 4.78 is 10.5. The first-order chi connectivity index (χ1) is 12.9. The standard InChI is InChI=1S/C20H21NO6/c1-12-17(20(25)26-2)16(10-13-5-7-14(8-6-13)19(23)24)18(22)21(12)11-15-4-3-9-27-15/h5-8,10,15H,3-4,9,11H2,1-2H3,(H,23,24)/p-1/b16-10-/t15-/m1/s1. The van der Waals surface area contributed by atoms with E-state index in [1.165, 1.54) is 19.2 Å². The van der Waals surface area contributed by atoms with E-state index < -0.39 is 11.9 Å². The topological polar surface area (TPSA) is 96.0 Å². The second-order valence-corrected chi connectivity index (χ2v) is 6.47. The van der Waals surface area contributed by atoms with Gasteiger partial charge in [0.25, 0.3) is 5.91 Å². The summed E-state index contributed by atoms with van der Waals surface area (Å²) >= 11 is 0. The van der Waals surface area contributed by atoms with E-state index in [9.17, 15) is 19.5 Å². The number of amides is 1. The van der Waals surface area contributed by atoms with Gasteiger partial charge in [0.05, 0.1) is 36.9 Å². The smallest absolute Gasteiger partial charge is 0.340 e. The maximum absolute atomic E-state index is 13.0. The zero-order valence-electron chi connectivity index (χ0n) is 15.2. The highest BCUT2D eigenvalue weighted by Crippen LogP contribution is 2.32. The van der Waals surface area contributed by atoms with Gasteiger partial charge >= 0.3 is 5.97 Å². The summed E-state index contributed by atoms with van der Waals surface area (Å²) in [5.41, 5.74) is 1.59. The molecule has 142 valence electrons. The molecule has 0 aliphatic carbocycles. The van der Waals surface area contributed by atoms with Crippen molar-refractivity contribution in [2.24, 2.45) is 0 Å². The van der Waals surface area contributed by atoms with E-state index in [0.29, 0.717) is 24.4 Å². The van der Waals surface area contributed by atoms with Crippen LogP contribution in [-0.4, -0.2) is 49.1 Å². The maximum atomic E-state index is 13.0. The first-order valence-electron chi connectivity index (χ1n) is 8.68. The molecule has 0 N–H and O–H groups in total. The Bertz CT molecular complexity index is 831. The Hall–Kier alpha value is -2.93. The molecule has 1 amide bonds. The van der Waals surface area contributed by atoms with Crippen molar-refractivity contribution in [2.75, 3.05) is 20.3 Å². The lowest BCUT2D eigenvalue weighted by Crippen LogP contribution is -2.33. The summed E-state index contributed by atoms with van der Waals surface area (Å²) in [5.74, 6) is -2.17. The van der Waals surface area contributed by atoms with Crippen molar-refractivity contribution in [3.05, 3.63) is 52.2 Å². The molecule has 27 heavy (non-hydrogen) atoms. The van der Waals surface area contributed by atoms with Crippen molar-refractivity contribution in [2.45, 2.75) is 25.9 Å². The van der Waals surface area contributed by atoms with E-state index in [4.69, 9.17) is 9.47 Å². The Kier molecular flexibility index (Phi) is 5.41. The number of allylic oxidation sites excluding steroid dienone is 1. The molecule has 7 heteroatoms. The molecule has 0 spiro atoms. The first-order valence-corrected chi connectivity index (χ1v) is 8.68. The van der Waals surface area contributed by atoms with Crippen LogP contribution in [0.4, 0.5) is 0 Å². The van der Waals surface area contributed by atoms with Crippen LogP contribution in [0, 0.1) is 0 Å². The molecule has 0 unspecified atom stereocenters. The largest absolute Gasteiger partial charge is 0.545 e. The Morgan fingerprint density at radius 1 is 1.33 bits per heavy atom. The molecule has 1 aromatic rings. The number of methoxy groups -OCH3 is 1. The molecule has 3 rings (SSSR count). The van der Waals surface area contributed by atoms with Gasteiger partial charge in [0.2, 0.25) is 0 Å². The van der Waals surface area contributed by atoms with Gasteiger partial charge in [0.15, 0.2) is 0 Å². The van der Waals surface area contributed by atoms with Gasteiger partial charge < -0.3 is 24.3 Å². The van der Waals surface area contributed by atoms with Crippen LogP contribution in [0.5, 0.6) is 0 Å². The minimum absolute atomic E-state index is 0.0369. The number of carbonyl (C=O) groups excluding carboxylic acids is 3. The Morgan fingerprint density at radius 3 is 2.59 bits per heavy atom. The number of hydrogen-bond donors (Lipinski definition) is 0. The van der Waals surface area contributed by atoms with Crippen LogP contribution in [0.3, 0.4) is 0 Å². The fourth-order valence-corrected chi connectivity index (χ4v) is 3.32. The van der Waals surface area contributed by atoms with E-state index in [1.54, 1.807) is 30.0 Å². The second kappa shape index (κ2) is 7.75. The number of esters is 1. The van der Waals surface area contributed by atoms with E-state index in [1.807, 2.05) is 0 Å². The molecule has 7 nitrogen and oxygen atoms in total. The summed E-state index contributed by atoms with van der Waals surface area (Å²) in [5, 5.41) is 10.9. The monoisotopic (exact) mass is 370 g/mol. The lowest BCUT2D eigenvalue weighted by atomic mass is 10.0. The number of nitrogens with zero attached hydrogens (tertiary/aromatic N) is 1. The number of rotatable bonds is 5. The second-order valence-electron chi connectivity index (χ2n) is 6.47. The minimum Gasteiger partial charge on any atom is -0.545 e. The summed E-state index contributed by atoms with van der Waals surface area (Å²) in [6.45, 7) is 2.76. The molecular formula is C20H20NO6-. The number of benzene rings is 1. The first kappa shape index (κ1) is 18.8. The summed E-state index contributed by atoms with van der Waals surface area (Å²) in [6.07, 6.45) is 3.33. The van der Waals surface area contributed by atoms with Gasteiger partial charge in [-0.3, -0.25) is 4.79 Å². The zero-order chi connectivity index (χ0) is 19.6. The average molecular weight is 370 g/mol. The molecule has 2 aliphatic rings. The van der Waals surface area contributed by atoms with Crippen molar-refractivity contribution in [1.82, 2.24) is 4.90 Å². The number of hydrogen-bond acceptors (Lipinski definition) is 6. The molecular weight excluding hydrogens is 350 g/mol. The molecule has 1 aromatic carbocycles. The molecule has 0 bridgehead atoms. The van der Waals surface area contributed by atoms with Gasteiger partial charge in [0, 0.05) is 12.3 Å². The highest BCUT2D eigenvalue weighted by Gasteiger charge is 2.38.